The van der Waals surface area contributed by atoms with E-state index in [-0.39, 0.29) is 11.5 Å². The zero-order valence-electron chi connectivity index (χ0n) is 17.2. The minimum atomic E-state index is -0.0282. The van der Waals surface area contributed by atoms with Crippen molar-refractivity contribution in [1.82, 2.24) is 9.88 Å². The molecule has 5 heteroatoms. The number of fused-ring (bicyclic) bond motifs is 1. The third-order valence-corrected chi connectivity index (χ3v) is 7.08. The maximum Gasteiger partial charge on any atom is 0.253 e. The van der Waals surface area contributed by atoms with Gasteiger partial charge in [0, 0.05) is 50.2 Å². The van der Waals surface area contributed by atoms with E-state index in [2.05, 4.69) is 4.98 Å². The summed E-state index contributed by atoms with van der Waals surface area (Å²) < 4.78 is 12.2. The third-order valence-electron chi connectivity index (χ3n) is 7.08. The van der Waals surface area contributed by atoms with Crippen molar-refractivity contribution in [3.05, 3.63) is 36.0 Å². The average Bonchev–Trinajstić information content (AvgIpc) is 3.45. The van der Waals surface area contributed by atoms with Gasteiger partial charge in [-0.1, -0.05) is 6.07 Å². The Labute approximate surface area is 172 Å². The van der Waals surface area contributed by atoms with Crippen molar-refractivity contribution in [1.29, 1.82) is 0 Å². The summed E-state index contributed by atoms with van der Waals surface area (Å²) >= 11 is 0. The number of piperidine rings is 1. The van der Waals surface area contributed by atoms with E-state index in [9.17, 15) is 4.79 Å². The van der Waals surface area contributed by atoms with Gasteiger partial charge in [0.25, 0.3) is 5.91 Å². The van der Waals surface area contributed by atoms with Gasteiger partial charge in [0.1, 0.15) is 0 Å². The zero-order chi connectivity index (χ0) is 19.7. The van der Waals surface area contributed by atoms with Gasteiger partial charge in [-0.2, -0.15) is 0 Å². The van der Waals surface area contributed by atoms with Crippen LogP contribution >= 0.6 is 0 Å². The van der Waals surface area contributed by atoms with E-state index >= 15 is 0 Å². The van der Waals surface area contributed by atoms with Gasteiger partial charge < -0.3 is 19.4 Å². The number of benzene rings is 1. The fraction of sp³-hybridized carbons (Fsp3) is 0.625. The van der Waals surface area contributed by atoms with Crippen LogP contribution in [-0.2, 0) is 9.47 Å². The normalized spacial score (nSPS) is 24.3. The van der Waals surface area contributed by atoms with Crippen molar-refractivity contribution < 1.29 is 14.3 Å². The molecule has 5 nitrogen and oxygen atoms in total. The topological polar surface area (TPSA) is 54.6 Å². The number of likely N-dealkylation sites (tertiary alicyclic amines) is 1. The third kappa shape index (κ3) is 4.36. The van der Waals surface area contributed by atoms with Crippen molar-refractivity contribution in [2.45, 2.75) is 50.5 Å². The maximum atomic E-state index is 13.0. The molecular formula is C24H32N2O3. The van der Waals surface area contributed by atoms with Gasteiger partial charge in [-0.25, -0.2) is 0 Å². The molecule has 0 radical (unpaired) electrons. The van der Waals surface area contributed by atoms with E-state index in [1.807, 2.05) is 35.4 Å². The average molecular weight is 397 g/mol. The zero-order valence-corrected chi connectivity index (χ0v) is 17.2. The number of amides is 1. The summed E-state index contributed by atoms with van der Waals surface area (Å²) in [6.07, 6.45) is 9.94. The van der Waals surface area contributed by atoms with Crippen molar-refractivity contribution in [3.63, 3.8) is 0 Å². The molecule has 1 unspecified atom stereocenters. The lowest BCUT2D eigenvalue weighted by molar-refractivity contribution is -0.126. The molecule has 1 spiro atoms. The number of ether oxygens (including phenoxy) is 2. The van der Waals surface area contributed by atoms with E-state index in [0.717, 1.165) is 87.4 Å². The van der Waals surface area contributed by atoms with E-state index in [1.54, 1.807) is 0 Å². The lowest BCUT2D eigenvalue weighted by atomic mass is 9.78. The Morgan fingerprint density at radius 1 is 1.17 bits per heavy atom. The van der Waals surface area contributed by atoms with E-state index in [1.165, 1.54) is 12.8 Å². The molecule has 2 aliphatic heterocycles. The van der Waals surface area contributed by atoms with Crippen LogP contribution in [0.3, 0.4) is 0 Å². The smallest absolute Gasteiger partial charge is 0.253 e. The number of aromatic amines is 1. The molecule has 1 N–H and O–H groups in total. The molecular weight excluding hydrogens is 364 g/mol. The second-order valence-electron chi connectivity index (χ2n) is 9.27. The predicted molar refractivity (Wildman–Crippen MR) is 113 cm³/mol. The second-order valence-corrected chi connectivity index (χ2v) is 9.27. The van der Waals surface area contributed by atoms with Crippen LogP contribution in [0.4, 0.5) is 0 Å². The van der Waals surface area contributed by atoms with Gasteiger partial charge in [0.15, 0.2) is 0 Å². The van der Waals surface area contributed by atoms with Crippen LogP contribution in [0.25, 0.3) is 10.9 Å². The van der Waals surface area contributed by atoms with Crippen LogP contribution in [0, 0.1) is 11.8 Å². The summed E-state index contributed by atoms with van der Waals surface area (Å²) in [5, 5.41) is 1.14. The quantitative estimate of drug-likeness (QED) is 0.737. The van der Waals surface area contributed by atoms with Gasteiger partial charge in [-0.15, -0.1) is 0 Å². The highest BCUT2D eigenvalue weighted by Crippen LogP contribution is 2.39. The SMILES string of the molecule is O=C(c1ccc2cc[nH]c2c1)N1CCC2(CC1)CC(CCOCC1CC1)CCO2. The number of nitrogens with zero attached hydrogens (tertiary/aromatic N) is 1. The number of hydrogen-bond donors (Lipinski definition) is 1. The van der Waals surface area contributed by atoms with Crippen molar-refractivity contribution in [2.75, 3.05) is 32.9 Å². The molecule has 1 aromatic heterocycles. The number of nitrogens with one attached hydrogen (secondary N) is 1. The monoisotopic (exact) mass is 396 g/mol. The first-order valence-corrected chi connectivity index (χ1v) is 11.3. The largest absolute Gasteiger partial charge is 0.381 e. The first-order valence-electron chi connectivity index (χ1n) is 11.3. The number of rotatable bonds is 6. The fourth-order valence-corrected chi connectivity index (χ4v) is 4.99. The summed E-state index contributed by atoms with van der Waals surface area (Å²) in [5.74, 6) is 1.67. The van der Waals surface area contributed by atoms with Crippen LogP contribution in [0.1, 0.15) is 55.3 Å². The van der Waals surface area contributed by atoms with E-state index < -0.39 is 0 Å². The Morgan fingerprint density at radius 3 is 2.86 bits per heavy atom. The molecule has 29 heavy (non-hydrogen) atoms. The molecule has 3 heterocycles. The summed E-state index contributed by atoms with van der Waals surface area (Å²) in [4.78, 5) is 18.2. The van der Waals surface area contributed by atoms with Crippen LogP contribution < -0.4 is 0 Å². The van der Waals surface area contributed by atoms with Crippen molar-refractivity contribution in [2.24, 2.45) is 11.8 Å². The van der Waals surface area contributed by atoms with Crippen LogP contribution in [0.2, 0.25) is 0 Å². The Kier molecular flexibility index (Phi) is 5.35. The lowest BCUT2D eigenvalue weighted by Gasteiger charge is -2.46. The molecule has 2 aromatic rings. The number of carbonyl (C=O) groups is 1. The Hall–Kier alpha value is -1.85. The Bertz CT molecular complexity index is 849. The first-order chi connectivity index (χ1) is 14.2. The Balaban J connectivity index is 1.14. The highest BCUT2D eigenvalue weighted by Gasteiger charge is 2.41. The summed E-state index contributed by atoms with van der Waals surface area (Å²) in [5.41, 5.74) is 1.76. The summed E-state index contributed by atoms with van der Waals surface area (Å²) in [6.45, 7) is 4.27. The molecule has 1 aromatic carbocycles. The van der Waals surface area contributed by atoms with Crippen LogP contribution in [-0.4, -0.2) is 54.3 Å². The van der Waals surface area contributed by atoms with Gasteiger partial charge in [-0.3, -0.25) is 4.79 Å². The molecule has 2 saturated heterocycles. The number of hydrogen-bond acceptors (Lipinski definition) is 3. The van der Waals surface area contributed by atoms with E-state index in [0.29, 0.717) is 5.92 Å². The molecule has 3 fully saturated rings. The molecule has 5 rings (SSSR count). The second kappa shape index (κ2) is 8.11. The van der Waals surface area contributed by atoms with Gasteiger partial charge in [0.2, 0.25) is 0 Å². The Morgan fingerprint density at radius 2 is 2.03 bits per heavy atom. The summed E-state index contributed by atoms with van der Waals surface area (Å²) in [6, 6.07) is 7.96. The number of H-pyrrole nitrogens is 1. The highest BCUT2D eigenvalue weighted by atomic mass is 16.5. The van der Waals surface area contributed by atoms with Gasteiger partial charge in [-0.05, 0) is 80.4 Å². The highest BCUT2D eigenvalue weighted by molar-refractivity contribution is 5.98. The molecule has 1 saturated carbocycles. The van der Waals surface area contributed by atoms with Crippen molar-refractivity contribution >= 4 is 16.8 Å². The molecule has 156 valence electrons. The lowest BCUT2D eigenvalue weighted by Crippen LogP contribution is -2.50. The first kappa shape index (κ1) is 19.1. The molecule has 1 amide bonds. The van der Waals surface area contributed by atoms with Crippen LogP contribution in [0.15, 0.2) is 30.5 Å². The predicted octanol–water partition coefficient (Wildman–Crippen LogP) is 4.39. The maximum absolute atomic E-state index is 13.0. The van der Waals surface area contributed by atoms with Gasteiger partial charge >= 0.3 is 0 Å². The molecule has 1 aliphatic carbocycles. The molecule has 1 atom stereocenters. The van der Waals surface area contributed by atoms with Crippen molar-refractivity contribution in [3.8, 4) is 0 Å². The summed E-state index contributed by atoms with van der Waals surface area (Å²) in [7, 11) is 0. The minimum Gasteiger partial charge on any atom is -0.381 e. The molecule has 3 aliphatic rings. The number of carbonyl (C=O) groups excluding carboxylic acids is 1. The van der Waals surface area contributed by atoms with Crippen LogP contribution in [0.5, 0.6) is 0 Å². The van der Waals surface area contributed by atoms with Gasteiger partial charge in [0.05, 0.1) is 5.60 Å². The number of aromatic nitrogens is 1. The minimum absolute atomic E-state index is 0.0282. The molecule has 0 bridgehead atoms. The fourth-order valence-electron chi connectivity index (χ4n) is 4.99. The standard InChI is InChI=1S/C24H32N2O3/c27-23(21-4-3-20-5-10-25-22(20)15-21)26-11-8-24(9-12-26)16-18(7-14-29-24)6-13-28-17-19-1-2-19/h3-5,10,15,18-19,25H,1-2,6-9,11-14,16-17H2. The van der Waals surface area contributed by atoms with E-state index in [4.69, 9.17) is 9.47 Å².